The lowest BCUT2D eigenvalue weighted by Gasteiger charge is -2.04. The molecular weight excluding hydrogens is 261 g/mol. The van der Waals surface area contributed by atoms with E-state index in [2.05, 4.69) is 4.98 Å². The summed E-state index contributed by atoms with van der Waals surface area (Å²) < 4.78 is 37.8. The minimum absolute atomic E-state index is 0. The van der Waals surface area contributed by atoms with Crippen LogP contribution in [0.2, 0.25) is 0 Å². The fourth-order valence-electron chi connectivity index (χ4n) is 1.24. The van der Waals surface area contributed by atoms with Gasteiger partial charge in [-0.15, -0.1) is 23.7 Å². The highest BCUT2D eigenvalue weighted by molar-refractivity contribution is 7.18. The van der Waals surface area contributed by atoms with Crippen LogP contribution < -0.4 is 5.73 Å². The first kappa shape index (κ1) is 13.2. The van der Waals surface area contributed by atoms with Crippen LogP contribution in [-0.4, -0.2) is 4.98 Å². The van der Waals surface area contributed by atoms with E-state index in [1.54, 1.807) is 0 Å². The lowest BCUT2D eigenvalue weighted by Crippen LogP contribution is -2.04. The highest BCUT2D eigenvalue weighted by atomic mass is 35.5. The normalized spacial score (nSPS) is 11.5. The quantitative estimate of drug-likeness (QED) is 0.863. The van der Waals surface area contributed by atoms with Crippen LogP contribution in [0.25, 0.3) is 10.2 Å². The summed E-state index contributed by atoms with van der Waals surface area (Å²) in [5.41, 5.74) is 5.04. The Bertz CT molecular complexity index is 495. The Morgan fingerprint density at radius 2 is 2.00 bits per heavy atom. The molecule has 0 fully saturated rings. The molecule has 0 radical (unpaired) electrons. The Kier molecular flexibility index (Phi) is 3.77. The first-order valence-electron chi connectivity index (χ1n) is 4.17. The van der Waals surface area contributed by atoms with Crippen LogP contribution in [0.15, 0.2) is 18.2 Å². The highest BCUT2D eigenvalue weighted by Gasteiger charge is 2.30. The molecule has 0 aliphatic rings. The number of aromatic nitrogens is 1. The second-order valence-electron chi connectivity index (χ2n) is 2.99. The molecule has 0 atom stereocenters. The van der Waals surface area contributed by atoms with Crippen LogP contribution in [0, 0.1) is 0 Å². The number of rotatable bonds is 1. The lowest BCUT2D eigenvalue weighted by atomic mass is 10.2. The zero-order chi connectivity index (χ0) is 11.1. The van der Waals surface area contributed by atoms with E-state index >= 15 is 0 Å². The maximum atomic E-state index is 12.4. The van der Waals surface area contributed by atoms with Gasteiger partial charge in [0.1, 0.15) is 5.01 Å². The number of nitrogens with two attached hydrogens (primary N) is 1. The van der Waals surface area contributed by atoms with Crippen molar-refractivity contribution in [3.63, 3.8) is 0 Å². The summed E-state index contributed by atoms with van der Waals surface area (Å²) in [4.78, 5) is 4.00. The number of hydrogen-bond acceptors (Lipinski definition) is 3. The third-order valence-corrected chi connectivity index (χ3v) is 2.99. The second kappa shape index (κ2) is 4.57. The molecule has 0 saturated carbocycles. The molecule has 2 nitrogen and oxygen atoms in total. The molecule has 0 amide bonds. The standard InChI is InChI=1S/C9H7F3N2S.ClH/c10-9(11,12)5-1-2-7-6(3-5)14-8(4-13)15-7;/h1-3H,4,13H2;1H. The van der Waals surface area contributed by atoms with Crippen molar-refractivity contribution < 1.29 is 13.2 Å². The number of nitrogens with zero attached hydrogens (tertiary/aromatic N) is 1. The average Bonchev–Trinajstić information content (AvgIpc) is 2.57. The van der Waals surface area contributed by atoms with Gasteiger partial charge in [0, 0.05) is 6.54 Å². The van der Waals surface area contributed by atoms with Crippen LogP contribution in [0.1, 0.15) is 10.6 Å². The van der Waals surface area contributed by atoms with Gasteiger partial charge in [0.05, 0.1) is 15.8 Å². The van der Waals surface area contributed by atoms with Gasteiger partial charge in [-0.05, 0) is 18.2 Å². The van der Waals surface area contributed by atoms with E-state index in [0.29, 0.717) is 10.5 Å². The molecule has 1 aromatic carbocycles. The summed E-state index contributed by atoms with van der Waals surface area (Å²) in [5, 5.41) is 0.643. The number of alkyl halides is 3. The van der Waals surface area contributed by atoms with Gasteiger partial charge in [0.25, 0.3) is 0 Å². The van der Waals surface area contributed by atoms with E-state index in [9.17, 15) is 13.2 Å². The molecule has 0 unspecified atom stereocenters. The topological polar surface area (TPSA) is 38.9 Å². The van der Waals surface area contributed by atoms with Gasteiger partial charge >= 0.3 is 6.18 Å². The third-order valence-electron chi connectivity index (χ3n) is 1.93. The molecule has 88 valence electrons. The van der Waals surface area contributed by atoms with Crippen molar-refractivity contribution in [1.82, 2.24) is 4.98 Å². The van der Waals surface area contributed by atoms with Crippen molar-refractivity contribution in [1.29, 1.82) is 0 Å². The molecule has 0 saturated heterocycles. The molecule has 7 heteroatoms. The van der Waals surface area contributed by atoms with Crippen molar-refractivity contribution in [3.8, 4) is 0 Å². The van der Waals surface area contributed by atoms with Gasteiger partial charge in [-0.2, -0.15) is 13.2 Å². The molecule has 2 aromatic rings. The summed E-state index contributed by atoms with van der Waals surface area (Å²) in [6.45, 7) is 0.251. The molecule has 16 heavy (non-hydrogen) atoms. The molecule has 1 aromatic heterocycles. The second-order valence-corrected chi connectivity index (χ2v) is 4.11. The van der Waals surface area contributed by atoms with Crippen LogP contribution in [0.3, 0.4) is 0 Å². The zero-order valence-corrected chi connectivity index (χ0v) is 9.55. The number of thiazole rings is 1. The molecule has 1 heterocycles. The maximum absolute atomic E-state index is 12.4. The van der Waals surface area contributed by atoms with Gasteiger partial charge < -0.3 is 5.73 Å². The van der Waals surface area contributed by atoms with Crippen LogP contribution in [0.4, 0.5) is 13.2 Å². The van der Waals surface area contributed by atoms with Gasteiger partial charge in [-0.3, -0.25) is 0 Å². The molecule has 0 aliphatic carbocycles. The van der Waals surface area contributed by atoms with Gasteiger partial charge in [-0.25, -0.2) is 4.98 Å². The Balaban J connectivity index is 0.00000128. The minimum Gasteiger partial charge on any atom is -0.325 e. The smallest absolute Gasteiger partial charge is 0.325 e. The van der Waals surface area contributed by atoms with E-state index in [4.69, 9.17) is 5.73 Å². The largest absolute Gasteiger partial charge is 0.416 e. The summed E-state index contributed by atoms with van der Waals surface area (Å²) in [6, 6.07) is 3.53. The van der Waals surface area contributed by atoms with Crippen LogP contribution >= 0.6 is 23.7 Å². The number of halogens is 4. The summed E-state index contributed by atoms with van der Waals surface area (Å²) in [6.07, 6.45) is -4.32. The first-order chi connectivity index (χ1) is 7.00. The third kappa shape index (κ3) is 2.45. The van der Waals surface area contributed by atoms with E-state index in [1.165, 1.54) is 17.4 Å². The average molecular weight is 269 g/mol. The summed E-state index contributed by atoms with van der Waals surface area (Å²) in [5.74, 6) is 0. The van der Waals surface area contributed by atoms with E-state index in [-0.39, 0.29) is 19.0 Å². The number of benzene rings is 1. The Hall–Kier alpha value is -0.850. The Morgan fingerprint density at radius 3 is 2.56 bits per heavy atom. The molecule has 0 spiro atoms. The highest BCUT2D eigenvalue weighted by Crippen LogP contribution is 2.32. The van der Waals surface area contributed by atoms with Gasteiger partial charge in [-0.1, -0.05) is 0 Å². The van der Waals surface area contributed by atoms with Gasteiger partial charge in [0.2, 0.25) is 0 Å². The van der Waals surface area contributed by atoms with Crippen molar-refractivity contribution in [2.75, 3.05) is 0 Å². The number of fused-ring (bicyclic) bond motifs is 1. The molecule has 0 bridgehead atoms. The lowest BCUT2D eigenvalue weighted by molar-refractivity contribution is -0.137. The van der Waals surface area contributed by atoms with Crippen molar-refractivity contribution >= 4 is 34.0 Å². The molecule has 2 N–H and O–H groups in total. The fourth-order valence-corrected chi connectivity index (χ4v) is 2.07. The van der Waals surface area contributed by atoms with Crippen LogP contribution in [-0.2, 0) is 12.7 Å². The van der Waals surface area contributed by atoms with Crippen molar-refractivity contribution in [2.24, 2.45) is 5.73 Å². The minimum atomic E-state index is -4.32. The van der Waals surface area contributed by atoms with E-state index in [1.807, 2.05) is 0 Å². The first-order valence-corrected chi connectivity index (χ1v) is 4.99. The van der Waals surface area contributed by atoms with Crippen molar-refractivity contribution in [2.45, 2.75) is 12.7 Å². The molecule has 0 aliphatic heterocycles. The van der Waals surface area contributed by atoms with E-state index in [0.717, 1.165) is 16.8 Å². The van der Waals surface area contributed by atoms with Crippen molar-refractivity contribution in [3.05, 3.63) is 28.8 Å². The molecule has 2 rings (SSSR count). The fraction of sp³-hybridized carbons (Fsp3) is 0.222. The predicted octanol–water partition coefficient (Wildman–Crippen LogP) is 3.20. The van der Waals surface area contributed by atoms with Crippen LogP contribution in [0.5, 0.6) is 0 Å². The summed E-state index contributed by atoms with van der Waals surface area (Å²) in [7, 11) is 0. The maximum Gasteiger partial charge on any atom is 0.416 e. The summed E-state index contributed by atoms with van der Waals surface area (Å²) >= 11 is 1.31. The monoisotopic (exact) mass is 268 g/mol. The number of hydrogen-bond donors (Lipinski definition) is 1. The Labute approximate surface area is 99.7 Å². The van der Waals surface area contributed by atoms with Gasteiger partial charge in [0.15, 0.2) is 0 Å². The Morgan fingerprint density at radius 1 is 1.31 bits per heavy atom. The molecular formula is C9H8ClF3N2S. The van der Waals surface area contributed by atoms with E-state index < -0.39 is 11.7 Å². The SMILES string of the molecule is Cl.NCc1nc2cc(C(F)(F)F)ccc2s1. The predicted molar refractivity (Wildman–Crippen MR) is 59.8 cm³/mol. The zero-order valence-electron chi connectivity index (χ0n) is 7.91.